The first-order valence-corrected chi connectivity index (χ1v) is 6.98. The third-order valence-electron chi connectivity index (χ3n) is 2.49. The zero-order valence-corrected chi connectivity index (χ0v) is 12.2. The van der Waals surface area contributed by atoms with Gasteiger partial charge in [-0.1, -0.05) is 12.1 Å². The molecule has 2 aromatic rings. The molecule has 0 radical (unpaired) electrons. The van der Waals surface area contributed by atoms with Gasteiger partial charge in [0.05, 0.1) is 0 Å². The fraction of sp³-hybridized carbons (Fsp3) is 0.231. The van der Waals surface area contributed by atoms with Crippen molar-refractivity contribution in [3.05, 3.63) is 54.8 Å². The number of aliphatic hydroxyl groups excluding tert-OH is 1. The van der Waals surface area contributed by atoms with Crippen molar-refractivity contribution in [2.24, 2.45) is 0 Å². The van der Waals surface area contributed by atoms with Gasteiger partial charge in [-0.2, -0.15) is 0 Å². The Morgan fingerprint density at radius 2 is 2.00 bits per heavy atom. The van der Waals surface area contributed by atoms with Crippen molar-refractivity contribution in [3.63, 3.8) is 0 Å². The molecule has 0 fully saturated rings. The molecule has 0 saturated carbocycles. The van der Waals surface area contributed by atoms with Gasteiger partial charge in [-0.3, -0.25) is 0 Å². The number of aliphatic hydroxyl groups is 1. The van der Waals surface area contributed by atoms with Crippen LogP contribution in [0.25, 0.3) is 0 Å². The lowest BCUT2D eigenvalue weighted by molar-refractivity contribution is 0.223. The first-order chi connectivity index (χ1) is 7.58. The van der Waals surface area contributed by atoms with Crippen LogP contribution in [-0.4, -0.2) is 5.11 Å². The van der Waals surface area contributed by atoms with Crippen LogP contribution in [0.5, 0.6) is 0 Å². The summed E-state index contributed by atoms with van der Waals surface area (Å²) in [5.41, 5.74) is 2.14. The van der Waals surface area contributed by atoms with Crippen molar-refractivity contribution >= 4 is 33.9 Å². The zero-order valence-electron chi connectivity index (χ0n) is 9.20. The second kappa shape index (κ2) is 4.85. The van der Waals surface area contributed by atoms with E-state index in [0.29, 0.717) is 0 Å². The van der Waals surface area contributed by atoms with E-state index in [2.05, 4.69) is 42.5 Å². The third-order valence-corrected chi connectivity index (χ3v) is 4.37. The van der Waals surface area contributed by atoms with Crippen molar-refractivity contribution in [2.75, 3.05) is 0 Å². The van der Waals surface area contributed by atoms with Gasteiger partial charge < -0.3 is 5.11 Å². The first-order valence-electron chi connectivity index (χ1n) is 5.08. The van der Waals surface area contributed by atoms with Crippen molar-refractivity contribution < 1.29 is 5.11 Å². The van der Waals surface area contributed by atoms with E-state index in [4.69, 9.17) is 0 Å². The highest BCUT2D eigenvalue weighted by atomic mass is 127. The highest BCUT2D eigenvalue weighted by Gasteiger charge is 2.15. The Morgan fingerprint density at radius 1 is 1.25 bits per heavy atom. The van der Waals surface area contributed by atoms with E-state index in [1.165, 1.54) is 10.4 Å². The minimum absolute atomic E-state index is 0.492. The molecular weight excluding hydrogens is 331 g/mol. The molecule has 1 unspecified atom stereocenters. The van der Waals surface area contributed by atoms with Crippen molar-refractivity contribution in [1.29, 1.82) is 0 Å². The molecule has 2 rings (SSSR count). The highest BCUT2D eigenvalue weighted by Crippen LogP contribution is 2.32. The Labute approximate surface area is 113 Å². The lowest BCUT2D eigenvalue weighted by Gasteiger charge is -2.10. The third kappa shape index (κ3) is 2.47. The minimum atomic E-state index is -0.492. The number of halogens is 1. The molecule has 1 atom stereocenters. The maximum atomic E-state index is 10.3. The number of hydrogen-bond donors (Lipinski definition) is 1. The van der Waals surface area contributed by atoms with E-state index in [1.807, 2.05) is 24.3 Å². The summed E-state index contributed by atoms with van der Waals surface area (Å²) >= 11 is 3.94. The van der Waals surface area contributed by atoms with Gasteiger partial charge in [0.2, 0.25) is 0 Å². The Hall–Kier alpha value is -0.390. The standard InChI is InChI=1S/C13H13IOS/c1-8-6-9(2)16-13(8)12(15)10-4-3-5-11(14)7-10/h3-7,12,15H,1-2H3. The topological polar surface area (TPSA) is 20.2 Å². The van der Waals surface area contributed by atoms with E-state index in [9.17, 15) is 5.11 Å². The molecule has 0 aliphatic carbocycles. The van der Waals surface area contributed by atoms with Crippen LogP contribution in [0, 0.1) is 17.4 Å². The molecule has 0 spiro atoms. The lowest BCUT2D eigenvalue weighted by atomic mass is 10.1. The summed E-state index contributed by atoms with van der Waals surface area (Å²) < 4.78 is 1.15. The van der Waals surface area contributed by atoms with E-state index in [0.717, 1.165) is 14.0 Å². The fourth-order valence-electron chi connectivity index (χ4n) is 1.76. The summed E-state index contributed by atoms with van der Waals surface area (Å²) in [5, 5.41) is 10.3. The van der Waals surface area contributed by atoms with Crippen LogP contribution in [0.1, 0.15) is 27.0 Å². The molecule has 1 N–H and O–H groups in total. The fourth-order valence-corrected chi connectivity index (χ4v) is 3.38. The summed E-state index contributed by atoms with van der Waals surface area (Å²) in [6.45, 7) is 4.12. The van der Waals surface area contributed by atoms with Crippen molar-refractivity contribution in [1.82, 2.24) is 0 Å². The van der Waals surface area contributed by atoms with Crippen molar-refractivity contribution in [3.8, 4) is 0 Å². The quantitative estimate of drug-likeness (QED) is 0.815. The second-order valence-corrected chi connectivity index (χ2v) is 6.40. The van der Waals surface area contributed by atoms with E-state index < -0.39 is 6.10 Å². The molecule has 1 aromatic heterocycles. The van der Waals surface area contributed by atoms with Gasteiger partial charge >= 0.3 is 0 Å². The summed E-state index contributed by atoms with van der Waals surface area (Å²) in [6, 6.07) is 10.1. The molecule has 84 valence electrons. The Bertz CT molecular complexity index is 504. The van der Waals surface area contributed by atoms with Gasteiger partial charge in [-0.25, -0.2) is 0 Å². The molecule has 16 heavy (non-hydrogen) atoms. The molecule has 1 aromatic carbocycles. The monoisotopic (exact) mass is 344 g/mol. The number of rotatable bonds is 2. The van der Waals surface area contributed by atoms with Crippen LogP contribution in [0.15, 0.2) is 30.3 Å². The largest absolute Gasteiger partial charge is 0.383 e. The molecule has 1 nitrogen and oxygen atoms in total. The minimum Gasteiger partial charge on any atom is -0.383 e. The SMILES string of the molecule is Cc1cc(C)c(C(O)c2cccc(I)c2)s1. The van der Waals surface area contributed by atoms with E-state index >= 15 is 0 Å². The van der Waals surface area contributed by atoms with Gasteiger partial charge in [-0.15, -0.1) is 11.3 Å². The molecule has 0 aliphatic heterocycles. The van der Waals surface area contributed by atoms with Crippen LogP contribution < -0.4 is 0 Å². The summed E-state index contributed by atoms with van der Waals surface area (Å²) in [6.07, 6.45) is -0.492. The normalized spacial score (nSPS) is 12.8. The predicted molar refractivity (Wildman–Crippen MR) is 77.0 cm³/mol. The van der Waals surface area contributed by atoms with Crippen LogP contribution in [0.4, 0.5) is 0 Å². The molecule has 0 bridgehead atoms. The Kier molecular flexibility index (Phi) is 3.66. The van der Waals surface area contributed by atoms with Gasteiger partial charge in [0.15, 0.2) is 0 Å². The van der Waals surface area contributed by atoms with Crippen LogP contribution >= 0.6 is 33.9 Å². The molecule has 0 amide bonds. The average molecular weight is 344 g/mol. The van der Waals surface area contributed by atoms with E-state index in [1.54, 1.807) is 11.3 Å². The molecule has 0 saturated heterocycles. The number of aryl methyl sites for hydroxylation is 2. The smallest absolute Gasteiger partial charge is 0.113 e. The predicted octanol–water partition coefficient (Wildman–Crippen LogP) is 4.05. The van der Waals surface area contributed by atoms with E-state index in [-0.39, 0.29) is 0 Å². The van der Waals surface area contributed by atoms with Crippen LogP contribution in [0.2, 0.25) is 0 Å². The second-order valence-electron chi connectivity index (χ2n) is 3.86. The average Bonchev–Trinajstić information content (AvgIpc) is 2.57. The molecule has 1 heterocycles. The highest BCUT2D eigenvalue weighted by molar-refractivity contribution is 14.1. The van der Waals surface area contributed by atoms with Gasteiger partial charge in [0.1, 0.15) is 6.10 Å². The lowest BCUT2D eigenvalue weighted by Crippen LogP contribution is -1.98. The van der Waals surface area contributed by atoms with Crippen LogP contribution in [0.3, 0.4) is 0 Å². The van der Waals surface area contributed by atoms with Crippen LogP contribution in [-0.2, 0) is 0 Å². The van der Waals surface area contributed by atoms with Gasteiger partial charge in [0, 0.05) is 13.3 Å². The molecular formula is C13H13IOS. The molecule has 3 heteroatoms. The Morgan fingerprint density at radius 3 is 2.56 bits per heavy atom. The maximum Gasteiger partial charge on any atom is 0.113 e. The summed E-state index contributed by atoms with van der Waals surface area (Å²) in [7, 11) is 0. The Balaban J connectivity index is 2.38. The number of benzene rings is 1. The van der Waals surface area contributed by atoms with Gasteiger partial charge in [-0.05, 0) is 65.8 Å². The summed E-state index contributed by atoms with van der Waals surface area (Å²) in [5.74, 6) is 0. The van der Waals surface area contributed by atoms with Crippen molar-refractivity contribution in [2.45, 2.75) is 20.0 Å². The molecule has 0 aliphatic rings. The number of thiophene rings is 1. The number of hydrogen-bond acceptors (Lipinski definition) is 2. The zero-order chi connectivity index (χ0) is 11.7. The van der Waals surface area contributed by atoms with Gasteiger partial charge in [0.25, 0.3) is 0 Å². The summed E-state index contributed by atoms with van der Waals surface area (Å²) in [4.78, 5) is 2.30. The first kappa shape index (κ1) is 12.1. The maximum absolute atomic E-state index is 10.3.